The topological polar surface area (TPSA) is 89.2 Å². The molecule has 0 saturated carbocycles. The van der Waals surface area contributed by atoms with E-state index in [2.05, 4.69) is 37.1 Å². The fraction of sp³-hybridized carbons (Fsp3) is 0.400. The third-order valence-electron chi connectivity index (χ3n) is 5.12. The molecule has 8 heteroatoms. The average Bonchev–Trinajstić information content (AvgIpc) is 3.33. The number of hydrogen-bond acceptors (Lipinski definition) is 7. The van der Waals surface area contributed by atoms with Crippen molar-refractivity contribution in [2.24, 2.45) is 5.92 Å². The van der Waals surface area contributed by atoms with E-state index in [1.807, 2.05) is 6.07 Å². The molecule has 28 heavy (non-hydrogen) atoms. The third kappa shape index (κ3) is 4.35. The first-order valence-electron chi connectivity index (χ1n) is 9.35. The number of methoxy groups -OCH3 is 1. The smallest absolute Gasteiger partial charge is 0.137 e. The molecule has 2 atom stereocenters. The van der Waals surface area contributed by atoms with Crippen LogP contribution in [0.2, 0.25) is 0 Å². The first-order valence-corrected chi connectivity index (χ1v) is 9.35. The van der Waals surface area contributed by atoms with Gasteiger partial charge >= 0.3 is 0 Å². The van der Waals surface area contributed by atoms with Crippen molar-refractivity contribution in [2.75, 3.05) is 20.2 Å². The van der Waals surface area contributed by atoms with E-state index >= 15 is 0 Å². The first kappa shape index (κ1) is 18.5. The minimum absolute atomic E-state index is 0.171. The Labute approximate surface area is 163 Å². The predicted molar refractivity (Wildman–Crippen MR) is 103 cm³/mol. The Bertz CT molecular complexity index is 887. The normalized spacial score (nSPS) is 19.8. The number of benzene rings is 1. The highest BCUT2D eigenvalue weighted by molar-refractivity contribution is 5.37. The molecule has 0 amide bonds. The molecule has 0 spiro atoms. The third-order valence-corrected chi connectivity index (χ3v) is 5.12. The number of β-amino-alcohol motifs (C(OH)–C–C–N with tert-alkyl or cyclic N) is 1. The van der Waals surface area contributed by atoms with Crippen LogP contribution in [0, 0.1) is 5.92 Å². The van der Waals surface area contributed by atoms with Crippen LogP contribution in [0.1, 0.15) is 16.8 Å². The lowest BCUT2D eigenvalue weighted by molar-refractivity contribution is 0.140. The summed E-state index contributed by atoms with van der Waals surface area (Å²) in [6.07, 6.45) is 8.75. The van der Waals surface area contributed by atoms with Gasteiger partial charge in [0.15, 0.2) is 0 Å². The number of aromatic nitrogens is 5. The highest BCUT2D eigenvalue weighted by Gasteiger charge is 2.31. The van der Waals surface area contributed by atoms with Gasteiger partial charge in [-0.3, -0.25) is 14.9 Å². The maximum atomic E-state index is 10.5. The van der Waals surface area contributed by atoms with Crippen molar-refractivity contribution in [1.29, 1.82) is 0 Å². The van der Waals surface area contributed by atoms with Crippen LogP contribution in [0.25, 0.3) is 0 Å². The second-order valence-corrected chi connectivity index (χ2v) is 7.16. The van der Waals surface area contributed by atoms with Gasteiger partial charge in [-0.1, -0.05) is 6.07 Å². The molecule has 3 heterocycles. The second kappa shape index (κ2) is 8.45. The molecule has 0 aliphatic carbocycles. The largest absolute Gasteiger partial charge is 0.496 e. The van der Waals surface area contributed by atoms with Crippen molar-refractivity contribution in [3.8, 4) is 5.75 Å². The van der Waals surface area contributed by atoms with Crippen molar-refractivity contribution >= 4 is 0 Å². The minimum atomic E-state index is -0.352. The summed E-state index contributed by atoms with van der Waals surface area (Å²) >= 11 is 0. The average molecular weight is 380 g/mol. The fourth-order valence-electron chi connectivity index (χ4n) is 3.78. The lowest BCUT2D eigenvalue weighted by atomic mass is 10.0. The van der Waals surface area contributed by atoms with Crippen LogP contribution in [0.15, 0.2) is 49.4 Å². The molecule has 4 rings (SSSR count). The Hall–Kier alpha value is -2.84. The number of nitrogens with zero attached hydrogens (tertiary/aromatic N) is 6. The van der Waals surface area contributed by atoms with Gasteiger partial charge in [0.25, 0.3) is 0 Å². The van der Waals surface area contributed by atoms with Crippen molar-refractivity contribution in [3.63, 3.8) is 0 Å². The van der Waals surface area contributed by atoms with Gasteiger partial charge in [0, 0.05) is 49.7 Å². The molecule has 3 aromatic rings. The summed E-state index contributed by atoms with van der Waals surface area (Å²) in [6, 6.07) is 6.21. The van der Waals surface area contributed by atoms with Crippen LogP contribution in [0.4, 0.5) is 0 Å². The molecule has 8 nitrogen and oxygen atoms in total. The van der Waals surface area contributed by atoms with Crippen molar-refractivity contribution in [2.45, 2.75) is 25.6 Å². The van der Waals surface area contributed by atoms with Crippen LogP contribution < -0.4 is 4.74 Å². The summed E-state index contributed by atoms with van der Waals surface area (Å²) in [5.41, 5.74) is 3.16. The minimum Gasteiger partial charge on any atom is -0.496 e. The van der Waals surface area contributed by atoms with Gasteiger partial charge in [-0.2, -0.15) is 5.10 Å². The molecule has 1 N–H and O–H groups in total. The Balaban J connectivity index is 1.42. The summed E-state index contributed by atoms with van der Waals surface area (Å²) in [6.45, 7) is 2.88. The van der Waals surface area contributed by atoms with Crippen LogP contribution in [-0.2, 0) is 19.5 Å². The summed E-state index contributed by atoms with van der Waals surface area (Å²) in [4.78, 5) is 14.7. The molecule has 0 bridgehead atoms. The number of likely N-dealkylation sites (tertiary alicyclic amines) is 1. The van der Waals surface area contributed by atoms with Gasteiger partial charge in [0.2, 0.25) is 0 Å². The van der Waals surface area contributed by atoms with Crippen LogP contribution >= 0.6 is 0 Å². The first-order chi connectivity index (χ1) is 13.7. The summed E-state index contributed by atoms with van der Waals surface area (Å²) in [7, 11) is 1.67. The number of rotatable bonds is 7. The van der Waals surface area contributed by atoms with E-state index in [9.17, 15) is 5.11 Å². The van der Waals surface area contributed by atoms with E-state index in [0.29, 0.717) is 13.1 Å². The zero-order valence-electron chi connectivity index (χ0n) is 15.8. The Morgan fingerprint density at radius 3 is 2.86 bits per heavy atom. The molecular weight excluding hydrogens is 356 g/mol. The van der Waals surface area contributed by atoms with Crippen LogP contribution in [-0.4, -0.2) is 61.0 Å². The maximum absolute atomic E-state index is 10.5. The van der Waals surface area contributed by atoms with Crippen LogP contribution in [0.5, 0.6) is 5.75 Å². The zero-order chi connectivity index (χ0) is 19.3. The number of ether oxygens (including phenoxy) is 1. The predicted octanol–water partition coefficient (Wildman–Crippen LogP) is 1.16. The van der Waals surface area contributed by atoms with Crippen molar-refractivity contribution in [3.05, 3.63) is 66.3 Å². The molecule has 2 aromatic heterocycles. The quantitative estimate of drug-likeness (QED) is 0.658. The summed E-state index contributed by atoms with van der Waals surface area (Å²) in [5, 5.41) is 14.7. The monoisotopic (exact) mass is 380 g/mol. The SMILES string of the molecule is COc1ccc(CN2C[C@@H](Cc3cnccn3)[C@H](O)C2)cc1Cn1cncn1. The summed E-state index contributed by atoms with van der Waals surface area (Å²) < 4.78 is 7.27. The van der Waals surface area contributed by atoms with Gasteiger partial charge < -0.3 is 9.84 Å². The summed E-state index contributed by atoms with van der Waals surface area (Å²) in [5.74, 6) is 1.01. The van der Waals surface area contributed by atoms with Gasteiger partial charge in [0.05, 0.1) is 25.5 Å². The Morgan fingerprint density at radius 1 is 1.18 bits per heavy atom. The Morgan fingerprint density at radius 2 is 2.11 bits per heavy atom. The molecule has 1 fully saturated rings. The standard InChI is InChI=1S/C20H24N6O2/c1-28-20-3-2-15(6-17(20)11-26-14-22-13-24-26)9-25-10-16(19(27)12-25)7-18-8-21-4-5-23-18/h2-6,8,13-14,16,19,27H,7,9-12H2,1H3/t16-,19-/m1/s1. The zero-order valence-corrected chi connectivity index (χ0v) is 15.8. The molecule has 1 saturated heterocycles. The highest BCUT2D eigenvalue weighted by atomic mass is 16.5. The molecule has 1 aliphatic rings. The molecular formula is C20H24N6O2. The van der Waals surface area contributed by atoms with E-state index in [0.717, 1.165) is 36.5 Å². The van der Waals surface area contributed by atoms with Gasteiger partial charge in [-0.05, 0) is 24.1 Å². The van der Waals surface area contributed by atoms with Crippen LogP contribution in [0.3, 0.4) is 0 Å². The van der Waals surface area contributed by atoms with Gasteiger partial charge in [0.1, 0.15) is 18.4 Å². The molecule has 0 unspecified atom stereocenters. The number of aliphatic hydroxyl groups excluding tert-OH is 1. The molecule has 146 valence electrons. The number of aliphatic hydroxyl groups is 1. The van der Waals surface area contributed by atoms with E-state index in [1.54, 1.807) is 36.7 Å². The van der Waals surface area contributed by atoms with Crippen molar-refractivity contribution < 1.29 is 9.84 Å². The highest BCUT2D eigenvalue weighted by Crippen LogP contribution is 2.25. The molecule has 1 aromatic carbocycles. The van der Waals surface area contributed by atoms with E-state index < -0.39 is 0 Å². The van der Waals surface area contributed by atoms with E-state index in [1.165, 1.54) is 11.9 Å². The number of hydrogen-bond donors (Lipinski definition) is 1. The molecule has 0 radical (unpaired) electrons. The maximum Gasteiger partial charge on any atom is 0.137 e. The van der Waals surface area contributed by atoms with Crippen molar-refractivity contribution in [1.82, 2.24) is 29.6 Å². The molecule has 1 aliphatic heterocycles. The lowest BCUT2D eigenvalue weighted by Crippen LogP contribution is -2.21. The fourth-order valence-corrected chi connectivity index (χ4v) is 3.78. The van der Waals surface area contributed by atoms with Gasteiger partial charge in [-0.25, -0.2) is 9.67 Å². The second-order valence-electron chi connectivity index (χ2n) is 7.16. The lowest BCUT2D eigenvalue weighted by Gasteiger charge is -2.17. The Kier molecular flexibility index (Phi) is 5.59. The van der Waals surface area contributed by atoms with Gasteiger partial charge in [-0.15, -0.1) is 0 Å². The van der Waals surface area contributed by atoms with E-state index in [-0.39, 0.29) is 12.0 Å². The van der Waals surface area contributed by atoms with E-state index in [4.69, 9.17) is 4.74 Å².